The molecule has 30 heavy (non-hydrogen) atoms. The van der Waals surface area contributed by atoms with E-state index in [1.54, 1.807) is 19.1 Å². The van der Waals surface area contributed by atoms with Gasteiger partial charge in [-0.1, -0.05) is 54.6 Å². The Hall–Kier alpha value is -3.47. The molecule has 1 fully saturated rings. The lowest BCUT2D eigenvalue weighted by molar-refractivity contribution is -0.122. The summed E-state index contributed by atoms with van der Waals surface area (Å²) in [5, 5.41) is 2.99. The third kappa shape index (κ3) is 4.25. The number of para-hydroxylation sites is 1. The third-order valence-electron chi connectivity index (χ3n) is 5.48. The second-order valence-electron chi connectivity index (χ2n) is 7.65. The molecule has 1 aliphatic heterocycles. The topological polar surface area (TPSA) is 49.4 Å². The van der Waals surface area contributed by atoms with E-state index in [2.05, 4.69) is 5.32 Å². The molecule has 1 saturated heterocycles. The van der Waals surface area contributed by atoms with Gasteiger partial charge in [-0.15, -0.1) is 0 Å². The van der Waals surface area contributed by atoms with Crippen LogP contribution < -0.4 is 10.2 Å². The minimum Gasteiger partial charge on any atom is -0.326 e. The van der Waals surface area contributed by atoms with Crippen molar-refractivity contribution in [2.75, 3.05) is 16.8 Å². The number of anilines is 2. The maximum atomic E-state index is 13.9. The fourth-order valence-corrected chi connectivity index (χ4v) is 3.73. The van der Waals surface area contributed by atoms with Crippen LogP contribution in [0, 0.1) is 18.7 Å². The summed E-state index contributed by atoms with van der Waals surface area (Å²) in [6, 6.07) is 22.4. The van der Waals surface area contributed by atoms with E-state index < -0.39 is 5.92 Å². The number of nitrogens with one attached hydrogen (secondary N) is 1. The lowest BCUT2D eigenvalue weighted by atomic mass is 10.0. The lowest BCUT2D eigenvalue weighted by Crippen LogP contribution is -2.28. The fourth-order valence-electron chi connectivity index (χ4n) is 3.73. The van der Waals surface area contributed by atoms with Crippen LogP contribution in [0.25, 0.3) is 0 Å². The van der Waals surface area contributed by atoms with Gasteiger partial charge in [-0.05, 0) is 48.2 Å². The molecule has 0 radical (unpaired) electrons. The van der Waals surface area contributed by atoms with Gasteiger partial charge in [0.25, 0.3) is 0 Å². The molecule has 1 aliphatic rings. The van der Waals surface area contributed by atoms with E-state index in [-0.39, 0.29) is 30.6 Å². The monoisotopic (exact) mass is 402 g/mol. The van der Waals surface area contributed by atoms with Crippen molar-refractivity contribution in [2.24, 2.45) is 5.92 Å². The Balaban J connectivity index is 1.47. The normalized spacial score (nSPS) is 16.0. The quantitative estimate of drug-likeness (QED) is 0.672. The van der Waals surface area contributed by atoms with Gasteiger partial charge in [-0.3, -0.25) is 9.59 Å². The summed E-state index contributed by atoms with van der Waals surface area (Å²) >= 11 is 0. The summed E-state index contributed by atoms with van der Waals surface area (Å²) in [5.74, 6) is -1.20. The summed E-state index contributed by atoms with van der Waals surface area (Å²) < 4.78 is 13.9. The molecule has 0 spiro atoms. The van der Waals surface area contributed by atoms with Gasteiger partial charge in [0.1, 0.15) is 5.82 Å². The first kappa shape index (κ1) is 19.8. The molecule has 152 valence electrons. The van der Waals surface area contributed by atoms with Crippen LogP contribution in [-0.2, 0) is 16.0 Å². The summed E-state index contributed by atoms with van der Waals surface area (Å²) in [7, 11) is 0. The van der Waals surface area contributed by atoms with E-state index in [0.29, 0.717) is 17.7 Å². The smallest absolute Gasteiger partial charge is 0.229 e. The van der Waals surface area contributed by atoms with Crippen molar-refractivity contribution < 1.29 is 14.0 Å². The highest BCUT2D eigenvalue weighted by molar-refractivity contribution is 6.03. The van der Waals surface area contributed by atoms with Gasteiger partial charge in [0.2, 0.25) is 11.8 Å². The van der Waals surface area contributed by atoms with Crippen molar-refractivity contribution in [3.63, 3.8) is 0 Å². The first-order valence-electron chi connectivity index (χ1n) is 10.0. The molecule has 4 nitrogen and oxygen atoms in total. The molecular weight excluding hydrogens is 379 g/mol. The van der Waals surface area contributed by atoms with Crippen LogP contribution in [0.4, 0.5) is 15.8 Å². The molecule has 0 aliphatic carbocycles. The molecule has 2 amide bonds. The third-order valence-corrected chi connectivity index (χ3v) is 5.48. The average molecular weight is 402 g/mol. The number of amides is 2. The second kappa shape index (κ2) is 8.49. The SMILES string of the molecule is Cc1ccc(N2CC(C(=O)Nc3ccccc3Cc3ccccc3)CC2=O)cc1F. The van der Waals surface area contributed by atoms with E-state index in [1.165, 1.54) is 11.0 Å². The average Bonchev–Trinajstić information content (AvgIpc) is 3.14. The van der Waals surface area contributed by atoms with Crippen LogP contribution >= 0.6 is 0 Å². The van der Waals surface area contributed by atoms with E-state index >= 15 is 0 Å². The van der Waals surface area contributed by atoms with Crippen LogP contribution in [0.2, 0.25) is 0 Å². The number of benzene rings is 3. The van der Waals surface area contributed by atoms with Gasteiger partial charge in [-0.25, -0.2) is 4.39 Å². The number of hydrogen-bond acceptors (Lipinski definition) is 2. The predicted octanol–water partition coefficient (Wildman–Crippen LogP) is 4.72. The maximum Gasteiger partial charge on any atom is 0.229 e. The first-order valence-corrected chi connectivity index (χ1v) is 10.0. The Morgan fingerprint density at radius 2 is 1.80 bits per heavy atom. The number of rotatable bonds is 5. The Morgan fingerprint density at radius 3 is 2.57 bits per heavy atom. The van der Waals surface area contributed by atoms with Gasteiger partial charge in [0.15, 0.2) is 0 Å². The number of carbonyl (C=O) groups excluding carboxylic acids is 2. The number of halogens is 1. The molecule has 1 atom stereocenters. The molecule has 1 unspecified atom stereocenters. The molecule has 0 bridgehead atoms. The molecule has 1 heterocycles. The highest BCUT2D eigenvalue weighted by Gasteiger charge is 2.35. The highest BCUT2D eigenvalue weighted by Crippen LogP contribution is 2.28. The zero-order valence-electron chi connectivity index (χ0n) is 16.8. The molecule has 3 aromatic rings. The van der Waals surface area contributed by atoms with Gasteiger partial charge in [0.05, 0.1) is 5.92 Å². The largest absolute Gasteiger partial charge is 0.326 e. The summed E-state index contributed by atoms with van der Waals surface area (Å²) in [4.78, 5) is 26.9. The van der Waals surface area contributed by atoms with Crippen molar-refractivity contribution in [1.29, 1.82) is 0 Å². The number of carbonyl (C=O) groups is 2. The van der Waals surface area contributed by atoms with Gasteiger partial charge in [-0.2, -0.15) is 0 Å². The summed E-state index contributed by atoms with van der Waals surface area (Å²) in [5.41, 5.74) is 3.93. The minimum absolute atomic E-state index is 0.113. The van der Waals surface area contributed by atoms with E-state index in [0.717, 1.165) is 16.8 Å². The molecule has 0 aromatic heterocycles. The standard InChI is InChI=1S/C25H23FN2O2/c1-17-11-12-21(15-22(17)26)28-16-20(14-24(28)29)25(30)27-23-10-6-5-9-19(23)13-18-7-3-2-4-8-18/h2-12,15,20H,13-14,16H2,1H3,(H,27,30). The highest BCUT2D eigenvalue weighted by atomic mass is 19.1. The fraction of sp³-hybridized carbons (Fsp3) is 0.200. The number of hydrogen-bond donors (Lipinski definition) is 1. The molecule has 5 heteroatoms. The number of aryl methyl sites for hydroxylation is 1. The molecular formula is C25H23FN2O2. The van der Waals surface area contributed by atoms with E-state index in [4.69, 9.17) is 0 Å². The van der Waals surface area contributed by atoms with E-state index in [1.807, 2.05) is 54.6 Å². The van der Waals surface area contributed by atoms with Crippen molar-refractivity contribution in [2.45, 2.75) is 19.8 Å². The Labute approximate surface area is 175 Å². The van der Waals surface area contributed by atoms with Crippen molar-refractivity contribution in [3.05, 3.63) is 95.3 Å². The van der Waals surface area contributed by atoms with Crippen molar-refractivity contribution in [3.8, 4) is 0 Å². The van der Waals surface area contributed by atoms with Crippen molar-refractivity contribution in [1.82, 2.24) is 0 Å². The van der Waals surface area contributed by atoms with Crippen molar-refractivity contribution >= 4 is 23.2 Å². The van der Waals surface area contributed by atoms with Gasteiger partial charge >= 0.3 is 0 Å². The minimum atomic E-state index is -0.480. The maximum absolute atomic E-state index is 13.9. The summed E-state index contributed by atoms with van der Waals surface area (Å²) in [6.07, 6.45) is 0.817. The first-order chi connectivity index (χ1) is 14.5. The van der Waals surface area contributed by atoms with Crippen LogP contribution in [0.15, 0.2) is 72.8 Å². The number of nitrogens with zero attached hydrogens (tertiary/aromatic N) is 1. The zero-order chi connectivity index (χ0) is 21.1. The van der Waals surface area contributed by atoms with Crippen LogP contribution in [-0.4, -0.2) is 18.4 Å². The van der Waals surface area contributed by atoms with Gasteiger partial charge in [0, 0.05) is 24.3 Å². The molecule has 4 rings (SSSR count). The summed E-state index contributed by atoms with van der Waals surface area (Å²) in [6.45, 7) is 1.92. The van der Waals surface area contributed by atoms with Crippen LogP contribution in [0.3, 0.4) is 0 Å². The second-order valence-corrected chi connectivity index (χ2v) is 7.65. The molecule has 3 aromatic carbocycles. The van der Waals surface area contributed by atoms with Gasteiger partial charge < -0.3 is 10.2 Å². The molecule has 0 saturated carbocycles. The Kier molecular flexibility index (Phi) is 5.61. The van der Waals surface area contributed by atoms with E-state index in [9.17, 15) is 14.0 Å². The zero-order valence-corrected chi connectivity index (χ0v) is 16.8. The lowest BCUT2D eigenvalue weighted by Gasteiger charge is -2.18. The Morgan fingerprint density at radius 1 is 1.07 bits per heavy atom. The Bertz CT molecular complexity index is 1080. The predicted molar refractivity (Wildman–Crippen MR) is 116 cm³/mol. The van der Waals surface area contributed by atoms with Crippen LogP contribution in [0.1, 0.15) is 23.1 Å². The molecule has 1 N–H and O–H groups in total. The van der Waals surface area contributed by atoms with Crippen LogP contribution in [0.5, 0.6) is 0 Å².